The van der Waals surface area contributed by atoms with E-state index in [1.54, 1.807) is 0 Å². The zero-order valence-electron chi connectivity index (χ0n) is 22.4. The van der Waals surface area contributed by atoms with Gasteiger partial charge in [0.1, 0.15) is 0 Å². The van der Waals surface area contributed by atoms with Crippen molar-refractivity contribution >= 4 is 11.5 Å². The van der Waals surface area contributed by atoms with Crippen LogP contribution >= 0.6 is 0 Å². The van der Waals surface area contributed by atoms with Gasteiger partial charge in [0.2, 0.25) is 5.95 Å². The normalized spacial score (nSPS) is 22.0. The van der Waals surface area contributed by atoms with E-state index in [1.165, 1.54) is 16.8 Å². The fourth-order valence-corrected chi connectivity index (χ4v) is 5.38. The van der Waals surface area contributed by atoms with Crippen LogP contribution in [0, 0.1) is 0 Å². The molecule has 1 saturated heterocycles. The van der Waals surface area contributed by atoms with Crippen LogP contribution in [0.5, 0.6) is 0 Å². The fraction of sp³-hybridized carbons (Fsp3) is 0.586. The predicted molar refractivity (Wildman–Crippen MR) is 146 cm³/mol. The fourth-order valence-electron chi connectivity index (χ4n) is 5.38. The maximum absolute atomic E-state index is 10.1. The highest BCUT2D eigenvalue weighted by Gasteiger charge is 2.26. The first kappa shape index (κ1) is 26.1. The summed E-state index contributed by atoms with van der Waals surface area (Å²) in [6.45, 7) is 11.3. The number of nitrogens with one attached hydrogen (secondary N) is 1. The van der Waals surface area contributed by atoms with Gasteiger partial charge >= 0.3 is 0 Å². The number of benzene rings is 1. The highest BCUT2D eigenvalue weighted by atomic mass is 16.5. The molecule has 200 valence electrons. The summed E-state index contributed by atoms with van der Waals surface area (Å²) in [6, 6.07) is 11.3. The monoisotopic (exact) mass is 507 g/mol. The number of hydrogen-bond donors (Lipinski definition) is 2. The molecule has 1 atom stereocenters. The molecule has 2 aromatic heterocycles. The standard InChI is InChI=1S/C29H41N5O3/c1-20(2)37-19-21(3)31-29-30-17-28-26(16-27(34(28)32-29)24-8-10-25(35)11-9-24)23-6-4-22(5-7-23)18-33-12-14-36-15-13-33/h4-7,16-17,20-21,24-25,35H,8-15,18-19H2,1-3H3,(H,31,32)/t21-,24?,25?/m0/s1. The van der Waals surface area contributed by atoms with Crippen LogP contribution in [0.4, 0.5) is 5.95 Å². The topological polar surface area (TPSA) is 84.2 Å². The van der Waals surface area contributed by atoms with E-state index in [0.29, 0.717) is 18.5 Å². The Morgan fingerprint density at radius 2 is 1.81 bits per heavy atom. The minimum Gasteiger partial charge on any atom is -0.393 e. The lowest BCUT2D eigenvalue weighted by Crippen LogP contribution is -2.35. The van der Waals surface area contributed by atoms with E-state index in [2.05, 4.69) is 57.0 Å². The molecular formula is C29H41N5O3. The van der Waals surface area contributed by atoms with Crippen molar-refractivity contribution in [3.8, 4) is 11.1 Å². The Morgan fingerprint density at radius 3 is 2.51 bits per heavy atom. The summed E-state index contributed by atoms with van der Waals surface area (Å²) < 4.78 is 13.3. The maximum Gasteiger partial charge on any atom is 0.241 e. The first-order valence-electron chi connectivity index (χ1n) is 13.8. The van der Waals surface area contributed by atoms with E-state index in [4.69, 9.17) is 14.6 Å². The van der Waals surface area contributed by atoms with E-state index < -0.39 is 0 Å². The van der Waals surface area contributed by atoms with Gasteiger partial charge in [0.25, 0.3) is 0 Å². The summed E-state index contributed by atoms with van der Waals surface area (Å²) >= 11 is 0. The van der Waals surface area contributed by atoms with Crippen LogP contribution in [0.1, 0.15) is 63.6 Å². The lowest BCUT2D eigenvalue weighted by molar-refractivity contribution is 0.0342. The number of fused-ring (bicyclic) bond motifs is 1. The van der Waals surface area contributed by atoms with Gasteiger partial charge in [0.05, 0.1) is 43.7 Å². The molecule has 8 heteroatoms. The summed E-state index contributed by atoms with van der Waals surface area (Å²) in [5.41, 5.74) is 5.86. The molecule has 0 amide bonds. The third-order valence-electron chi connectivity index (χ3n) is 7.49. The maximum atomic E-state index is 10.1. The van der Waals surface area contributed by atoms with E-state index in [1.807, 2.05) is 20.0 Å². The van der Waals surface area contributed by atoms with Crippen molar-refractivity contribution in [2.75, 3.05) is 38.2 Å². The Morgan fingerprint density at radius 1 is 1.08 bits per heavy atom. The van der Waals surface area contributed by atoms with Crippen LogP contribution < -0.4 is 5.32 Å². The lowest BCUT2D eigenvalue weighted by Gasteiger charge is -2.26. The molecule has 2 N–H and O–H groups in total. The molecule has 0 bridgehead atoms. The Hall–Kier alpha value is -2.52. The average molecular weight is 508 g/mol. The van der Waals surface area contributed by atoms with Gasteiger partial charge in [-0.15, -0.1) is 5.10 Å². The SMILES string of the molecule is CC(C)OC[C@H](C)Nc1ncc2c(-c3ccc(CN4CCOCC4)cc3)cc(C3CCC(O)CC3)n2n1. The summed E-state index contributed by atoms with van der Waals surface area (Å²) in [6.07, 6.45) is 5.55. The number of hydrogen-bond acceptors (Lipinski definition) is 7. The van der Waals surface area contributed by atoms with Crippen molar-refractivity contribution in [1.29, 1.82) is 0 Å². The molecule has 0 radical (unpaired) electrons. The largest absolute Gasteiger partial charge is 0.393 e. The molecule has 1 aromatic carbocycles. The number of ether oxygens (including phenoxy) is 2. The Bertz CT molecular complexity index is 1150. The molecule has 3 aromatic rings. The number of morpholine rings is 1. The van der Waals surface area contributed by atoms with Gasteiger partial charge in [-0.05, 0) is 63.6 Å². The van der Waals surface area contributed by atoms with Crippen LogP contribution in [-0.4, -0.2) is 75.8 Å². The molecule has 0 unspecified atom stereocenters. The second-order valence-corrected chi connectivity index (χ2v) is 10.9. The zero-order valence-corrected chi connectivity index (χ0v) is 22.4. The van der Waals surface area contributed by atoms with Crippen molar-refractivity contribution in [2.45, 2.75) is 77.2 Å². The zero-order chi connectivity index (χ0) is 25.8. The molecule has 37 heavy (non-hydrogen) atoms. The van der Waals surface area contributed by atoms with Crippen LogP contribution in [0.3, 0.4) is 0 Å². The van der Waals surface area contributed by atoms with E-state index in [-0.39, 0.29) is 18.2 Å². The number of aromatic nitrogens is 3. The van der Waals surface area contributed by atoms with E-state index >= 15 is 0 Å². The second-order valence-electron chi connectivity index (χ2n) is 10.9. The summed E-state index contributed by atoms with van der Waals surface area (Å²) in [7, 11) is 0. The summed E-state index contributed by atoms with van der Waals surface area (Å²) in [4.78, 5) is 7.11. The number of aliphatic hydroxyl groups excluding tert-OH is 1. The number of rotatable bonds is 9. The van der Waals surface area contributed by atoms with Crippen LogP contribution in [0.2, 0.25) is 0 Å². The number of aliphatic hydroxyl groups is 1. The van der Waals surface area contributed by atoms with Gasteiger partial charge in [-0.2, -0.15) is 0 Å². The van der Waals surface area contributed by atoms with Gasteiger partial charge in [0.15, 0.2) is 0 Å². The molecular weight excluding hydrogens is 466 g/mol. The van der Waals surface area contributed by atoms with Gasteiger partial charge in [0, 0.05) is 42.9 Å². The highest BCUT2D eigenvalue weighted by Crippen LogP contribution is 2.37. The quantitative estimate of drug-likeness (QED) is 0.442. The number of anilines is 1. The molecule has 5 rings (SSSR count). The minimum absolute atomic E-state index is 0.0992. The van der Waals surface area contributed by atoms with Gasteiger partial charge in [-0.25, -0.2) is 9.50 Å². The van der Waals surface area contributed by atoms with Crippen molar-refractivity contribution in [2.24, 2.45) is 0 Å². The van der Waals surface area contributed by atoms with Crippen molar-refractivity contribution in [1.82, 2.24) is 19.5 Å². The summed E-state index contributed by atoms with van der Waals surface area (Å²) in [5, 5.41) is 18.4. The van der Waals surface area contributed by atoms with Crippen LogP contribution in [0.25, 0.3) is 16.6 Å². The molecule has 0 spiro atoms. The number of nitrogens with zero attached hydrogens (tertiary/aromatic N) is 4. The van der Waals surface area contributed by atoms with E-state index in [9.17, 15) is 5.11 Å². The van der Waals surface area contributed by atoms with Gasteiger partial charge < -0.3 is 19.9 Å². The van der Waals surface area contributed by atoms with E-state index in [0.717, 1.165) is 69.6 Å². The molecule has 2 aliphatic rings. The Kier molecular flexibility index (Phi) is 8.39. The smallest absolute Gasteiger partial charge is 0.241 e. The first-order valence-corrected chi connectivity index (χ1v) is 13.8. The highest BCUT2D eigenvalue weighted by molar-refractivity contribution is 5.81. The third kappa shape index (κ3) is 6.49. The van der Waals surface area contributed by atoms with Crippen LogP contribution in [-0.2, 0) is 16.0 Å². The predicted octanol–water partition coefficient (Wildman–Crippen LogP) is 4.47. The average Bonchev–Trinajstić information content (AvgIpc) is 3.28. The van der Waals surface area contributed by atoms with Crippen molar-refractivity contribution in [3.05, 3.63) is 47.8 Å². The molecule has 1 aliphatic carbocycles. The van der Waals surface area contributed by atoms with Gasteiger partial charge in [-0.3, -0.25) is 4.90 Å². The lowest BCUT2D eigenvalue weighted by atomic mass is 9.85. The Balaban J connectivity index is 1.42. The molecule has 1 aliphatic heterocycles. The van der Waals surface area contributed by atoms with Crippen molar-refractivity contribution < 1.29 is 14.6 Å². The first-order chi connectivity index (χ1) is 18.0. The van der Waals surface area contributed by atoms with Crippen LogP contribution in [0.15, 0.2) is 36.5 Å². The Labute approximate surface area is 220 Å². The van der Waals surface area contributed by atoms with Crippen molar-refractivity contribution in [3.63, 3.8) is 0 Å². The minimum atomic E-state index is -0.186. The second kappa shape index (κ2) is 11.9. The molecule has 2 fully saturated rings. The molecule has 1 saturated carbocycles. The third-order valence-corrected chi connectivity index (χ3v) is 7.49. The molecule has 3 heterocycles. The van der Waals surface area contributed by atoms with Gasteiger partial charge in [-0.1, -0.05) is 24.3 Å². The molecule has 8 nitrogen and oxygen atoms in total. The summed E-state index contributed by atoms with van der Waals surface area (Å²) in [5.74, 6) is 0.974.